The topological polar surface area (TPSA) is 52.0 Å². The zero-order valence-corrected chi connectivity index (χ0v) is 7.75. The first-order valence-electron chi connectivity index (χ1n) is 3.85. The summed E-state index contributed by atoms with van der Waals surface area (Å²) < 4.78 is 17.9. The molecule has 0 atom stereocenters. The monoisotopic (exact) mass is 212 g/mol. The summed E-state index contributed by atoms with van der Waals surface area (Å²) in [7, 11) is 0. The van der Waals surface area contributed by atoms with Gasteiger partial charge in [0.05, 0.1) is 5.02 Å². The van der Waals surface area contributed by atoms with Crippen molar-refractivity contribution >= 4 is 17.4 Å². The van der Waals surface area contributed by atoms with Gasteiger partial charge in [-0.15, -0.1) is 0 Å². The standard InChI is InChI=1S/C9H6ClFN2O/c10-9-5(2-1-3-6(9)11)7-4-8(12)13-14-7/h1-4H,(H2,12,13). The SMILES string of the molecule is Nc1cc(-c2cccc(F)c2Cl)on1. The first-order valence-corrected chi connectivity index (χ1v) is 4.23. The van der Waals surface area contributed by atoms with Crippen LogP contribution >= 0.6 is 11.6 Å². The van der Waals surface area contributed by atoms with Crippen molar-refractivity contribution in [2.24, 2.45) is 0 Å². The number of hydrogen-bond acceptors (Lipinski definition) is 3. The predicted molar refractivity (Wildman–Crippen MR) is 51.3 cm³/mol. The summed E-state index contributed by atoms with van der Waals surface area (Å²) in [5.41, 5.74) is 5.80. The molecule has 2 aromatic rings. The lowest BCUT2D eigenvalue weighted by Crippen LogP contribution is -1.82. The van der Waals surface area contributed by atoms with Crippen molar-refractivity contribution in [1.29, 1.82) is 0 Å². The van der Waals surface area contributed by atoms with Crippen molar-refractivity contribution in [3.63, 3.8) is 0 Å². The Morgan fingerprint density at radius 3 is 2.86 bits per heavy atom. The molecule has 72 valence electrons. The summed E-state index contributed by atoms with van der Waals surface area (Å²) in [6, 6.07) is 5.92. The molecule has 2 N–H and O–H groups in total. The Morgan fingerprint density at radius 2 is 2.21 bits per heavy atom. The summed E-state index contributed by atoms with van der Waals surface area (Å²) >= 11 is 5.73. The highest BCUT2D eigenvalue weighted by Gasteiger charge is 2.11. The van der Waals surface area contributed by atoms with Gasteiger partial charge in [-0.2, -0.15) is 0 Å². The fourth-order valence-electron chi connectivity index (χ4n) is 1.11. The van der Waals surface area contributed by atoms with Crippen LogP contribution in [0.15, 0.2) is 28.8 Å². The zero-order chi connectivity index (χ0) is 10.1. The zero-order valence-electron chi connectivity index (χ0n) is 7.00. The van der Waals surface area contributed by atoms with Crippen molar-refractivity contribution in [2.45, 2.75) is 0 Å². The largest absolute Gasteiger partial charge is 0.381 e. The van der Waals surface area contributed by atoms with Crippen LogP contribution < -0.4 is 5.73 Å². The summed E-state index contributed by atoms with van der Waals surface area (Å²) in [5, 5.41) is 3.49. The minimum atomic E-state index is -0.501. The summed E-state index contributed by atoms with van der Waals surface area (Å²) in [4.78, 5) is 0. The van der Waals surface area contributed by atoms with Crippen molar-refractivity contribution in [3.8, 4) is 11.3 Å². The van der Waals surface area contributed by atoms with Crippen LogP contribution in [0.1, 0.15) is 0 Å². The lowest BCUT2D eigenvalue weighted by molar-refractivity contribution is 0.435. The maximum Gasteiger partial charge on any atom is 0.170 e. The van der Waals surface area contributed by atoms with E-state index in [-0.39, 0.29) is 10.8 Å². The molecule has 0 amide bonds. The van der Waals surface area contributed by atoms with Crippen LogP contribution in [0.2, 0.25) is 5.02 Å². The number of rotatable bonds is 1. The second-order valence-corrected chi connectivity index (χ2v) is 3.10. The Morgan fingerprint density at radius 1 is 1.43 bits per heavy atom. The molecule has 2 rings (SSSR count). The quantitative estimate of drug-likeness (QED) is 0.791. The van der Waals surface area contributed by atoms with E-state index in [9.17, 15) is 4.39 Å². The van der Waals surface area contributed by atoms with Gasteiger partial charge < -0.3 is 10.3 Å². The number of nitrogens with two attached hydrogens (primary N) is 1. The number of aromatic nitrogens is 1. The highest BCUT2D eigenvalue weighted by molar-refractivity contribution is 6.33. The first-order chi connectivity index (χ1) is 6.68. The fraction of sp³-hybridized carbons (Fsp3) is 0. The average Bonchev–Trinajstić information content (AvgIpc) is 2.57. The average molecular weight is 213 g/mol. The van der Waals surface area contributed by atoms with E-state index in [1.54, 1.807) is 6.07 Å². The molecule has 0 bridgehead atoms. The predicted octanol–water partition coefficient (Wildman–Crippen LogP) is 2.72. The van der Waals surface area contributed by atoms with Crippen LogP contribution in [0.4, 0.5) is 10.2 Å². The third kappa shape index (κ3) is 1.44. The molecule has 3 nitrogen and oxygen atoms in total. The van der Waals surface area contributed by atoms with Crippen molar-refractivity contribution < 1.29 is 8.91 Å². The van der Waals surface area contributed by atoms with Gasteiger partial charge in [0.2, 0.25) is 0 Å². The minimum absolute atomic E-state index is 0.00338. The first kappa shape index (κ1) is 9.02. The molecule has 0 radical (unpaired) electrons. The number of nitrogen functional groups attached to an aromatic ring is 1. The van der Waals surface area contributed by atoms with Crippen LogP contribution in [0.5, 0.6) is 0 Å². The second-order valence-electron chi connectivity index (χ2n) is 2.72. The highest BCUT2D eigenvalue weighted by Crippen LogP contribution is 2.30. The van der Waals surface area contributed by atoms with Crippen LogP contribution in [0.25, 0.3) is 11.3 Å². The molecule has 1 aromatic carbocycles. The van der Waals surface area contributed by atoms with Crippen molar-refractivity contribution in [1.82, 2.24) is 5.16 Å². The van der Waals surface area contributed by atoms with E-state index >= 15 is 0 Å². The third-order valence-corrected chi connectivity index (χ3v) is 2.13. The van der Waals surface area contributed by atoms with E-state index < -0.39 is 5.82 Å². The van der Waals surface area contributed by atoms with E-state index in [1.807, 2.05) is 0 Å². The van der Waals surface area contributed by atoms with Gasteiger partial charge in [0.1, 0.15) is 5.82 Å². The summed E-state index contributed by atoms with van der Waals surface area (Å²) in [6.07, 6.45) is 0. The van der Waals surface area contributed by atoms with Gasteiger partial charge in [0.25, 0.3) is 0 Å². The molecule has 5 heteroatoms. The lowest BCUT2D eigenvalue weighted by atomic mass is 10.1. The van der Waals surface area contributed by atoms with E-state index in [1.165, 1.54) is 18.2 Å². The minimum Gasteiger partial charge on any atom is -0.381 e. The molecular formula is C9H6ClFN2O. The van der Waals surface area contributed by atoms with Crippen LogP contribution in [-0.2, 0) is 0 Å². The molecular weight excluding hydrogens is 207 g/mol. The van der Waals surface area contributed by atoms with Gasteiger partial charge in [-0.05, 0) is 12.1 Å². The molecule has 1 aromatic heterocycles. The molecule has 0 spiro atoms. The summed E-state index contributed by atoms with van der Waals surface area (Å²) in [6.45, 7) is 0. The fourth-order valence-corrected chi connectivity index (χ4v) is 1.33. The molecule has 0 aliphatic heterocycles. The number of hydrogen-bond donors (Lipinski definition) is 1. The smallest absolute Gasteiger partial charge is 0.170 e. The van der Waals surface area contributed by atoms with Gasteiger partial charge in [0, 0.05) is 11.6 Å². The molecule has 1 heterocycles. The van der Waals surface area contributed by atoms with Crippen molar-refractivity contribution in [2.75, 3.05) is 5.73 Å². The Kier molecular flexibility index (Phi) is 2.13. The number of nitrogens with zero attached hydrogens (tertiary/aromatic N) is 1. The number of anilines is 1. The molecule has 0 aliphatic rings. The number of halogens is 2. The van der Waals surface area contributed by atoms with Crippen LogP contribution in [0, 0.1) is 5.82 Å². The highest BCUT2D eigenvalue weighted by atomic mass is 35.5. The third-order valence-electron chi connectivity index (χ3n) is 1.75. The number of benzene rings is 1. The Hall–Kier alpha value is -1.55. The molecule has 0 saturated carbocycles. The Bertz CT molecular complexity index is 470. The van der Waals surface area contributed by atoms with Gasteiger partial charge in [0.15, 0.2) is 11.6 Å². The second kappa shape index (κ2) is 3.31. The maximum absolute atomic E-state index is 13.0. The van der Waals surface area contributed by atoms with E-state index in [2.05, 4.69) is 5.16 Å². The van der Waals surface area contributed by atoms with E-state index in [4.69, 9.17) is 21.9 Å². The molecule has 0 saturated heterocycles. The van der Waals surface area contributed by atoms with Gasteiger partial charge >= 0.3 is 0 Å². The maximum atomic E-state index is 13.0. The summed E-state index contributed by atoms with van der Waals surface area (Å²) in [5.74, 6) is 0.0893. The molecule has 0 fully saturated rings. The lowest BCUT2D eigenvalue weighted by Gasteiger charge is -1.99. The molecule has 14 heavy (non-hydrogen) atoms. The van der Waals surface area contributed by atoms with Crippen molar-refractivity contribution in [3.05, 3.63) is 35.1 Å². The van der Waals surface area contributed by atoms with E-state index in [0.29, 0.717) is 11.3 Å². The van der Waals surface area contributed by atoms with Gasteiger partial charge in [-0.1, -0.05) is 22.8 Å². The van der Waals surface area contributed by atoms with Gasteiger partial charge in [-0.25, -0.2) is 4.39 Å². The molecule has 0 unspecified atom stereocenters. The Balaban J connectivity index is 2.57. The van der Waals surface area contributed by atoms with Crippen LogP contribution in [0.3, 0.4) is 0 Å². The van der Waals surface area contributed by atoms with Gasteiger partial charge in [-0.3, -0.25) is 0 Å². The Labute approximate surface area is 84.3 Å². The normalized spacial score (nSPS) is 10.4. The molecule has 0 aliphatic carbocycles. The van der Waals surface area contributed by atoms with E-state index in [0.717, 1.165) is 0 Å². The van der Waals surface area contributed by atoms with Crippen LogP contribution in [-0.4, -0.2) is 5.16 Å².